The van der Waals surface area contributed by atoms with Gasteiger partial charge < -0.3 is 0 Å². The Balaban J connectivity index is 1.89. The van der Waals surface area contributed by atoms with Crippen LogP contribution in [-0.2, 0) is 0 Å². The standard InChI is InChI=1S/C12H10N4S2/c17-9-4-2-1-3-8(9)11-15-16-10(7-5-6-7)13-14-12(16)18-11/h1-4,7,17H,5-6H2. The van der Waals surface area contributed by atoms with Crippen molar-refractivity contribution in [1.29, 1.82) is 0 Å². The van der Waals surface area contributed by atoms with E-state index in [1.807, 2.05) is 28.8 Å². The van der Waals surface area contributed by atoms with Gasteiger partial charge in [-0.05, 0) is 18.9 Å². The van der Waals surface area contributed by atoms with Gasteiger partial charge in [0.05, 0.1) is 0 Å². The summed E-state index contributed by atoms with van der Waals surface area (Å²) < 4.78 is 1.89. The minimum Gasteiger partial charge on any atom is -0.187 e. The maximum atomic E-state index is 4.63. The second-order valence-electron chi connectivity index (χ2n) is 4.45. The van der Waals surface area contributed by atoms with Crippen molar-refractivity contribution < 1.29 is 0 Å². The summed E-state index contributed by atoms with van der Waals surface area (Å²) in [5.74, 6) is 1.56. The summed E-state index contributed by atoms with van der Waals surface area (Å²) >= 11 is 6.03. The molecule has 18 heavy (non-hydrogen) atoms. The number of hydrogen-bond acceptors (Lipinski definition) is 5. The molecule has 0 spiro atoms. The summed E-state index contributed by atoms with van der Waals surface area (Å²) in [6.45, 7) is 0. The molecule has 2 heterocycles. The summed E-state index contributed by atoms with van der Waals surface area (Å²) in [7, 11) is 0. The molecule has 90 valence electrons. The zero-order valence-electron chi connectivity index (χ0n) is 9.45. The predicted molar refractivity (Wildman–Crippen MR) is 73.3 cm³/mol. The normalized spacial score (nSPS) is 15.4. The van der Waals surface area contributed by atoms with E-state index in [0.29, 0.717) is 5.92 Å². The van der Waals surface area contributed by atoms with Crippen LogP contribution in [0.1, 0.15) is 24.6 Å². The number of aromatic nitrogens is 4. The first-order valence-corrected chi connectivity index (χ1v) is 7.10. The number of fused-ring (bicyclic) bond motifs is 1. The van der Waals surface area contributed by atoms with Crippen molar-refractivity contribution >= 4 is 28.9 Å². The molecule has 6 heteroatoms. The summed E-state index contributed by atoms with van der Waals surface area (Å²) in [5.41, 5.74) is 1.05. The van der Waals surface area contributed by atoms with E-state index in [2.05, 4.69) is 27.9 Å². The lowest BCUT2D eigenvalue weighted by Crippen LogP contribution is -1.93. The van der Waals surface area contributed by atoms with Crippen LogP contribution < -0.4 is 0 Å². The molecule has 1 fully saturated rings. The first-order chi connectivity index (χ1) is 8.83. The highest BCUT2D eigenvalue weighted by Crippen LogP contribution is 2.40. The highest BCUT2D eigenvalue weighted by molar-refractivity contribution is 7.80. The number of rotatable bonds is 2. The summed E-state index contributed by atoms with van der Waals surface area (Å²) in [6.07, 6.45) is 2.41. The lowest BCUT2D eigenvalue weighted by Gasteiger charge is -1.98. The molecular weight excluding hydrogens is 264 g/mol. The first-order valence-electron chi connectivity index (χ1n) is 5.83. The van der Waals surface area contributed by atoms with Crippen LogP contribution in [0.3, 0.4) is 0 Å². The molecule has 0 N–H and O–H groups in total. The largest absolute Gasteiger partial charge is 0.234 e. The fraction of sp³-hybridized carbons (Fsp3) is 0.250. The van der Waals surface area contributed by atoms with Gasteiger partial charge in [0.2, 0.25) is 4.96 Å². The van der Waals surface area contributed by atoms with Crippen LogP contribution in [0, 0.1) is 0 Å². The Kier molecular flexibility index (Phi) is 2.22. The molecule has 2 aromatic heterocycles. The molecule has 4 rings (SSSR count). The van der Waals surface area contributed by atoms with Crippen LogP contribution in [0.4, 0.5) is 0 Å². The van der Waals surface area contributed by atoms with Crippen molar-refractivity contribution in [2.45, 2.75) is 23.7 Å². The topological polar surface area (TPSA) is 43.1 Å². The van der Waals surface area contributed by atoms with E-state index < -0.39 is 0 Å². The molecule has 0 amide bonds. The number of thiol groups is 1. The Hall–Kier alpha value is -1.40. The third-order valence-corrected chi connectivity index (χ3v) is 4.41. The van der Waals surface area contributed by atoms with E-state index in [4.69, 9.17) is 0 Å². The molecule has 0 aliphatic heterocycles. The Morgan fingerprint density at radius 3 is 2.83 bits per heavy atom. The van der Waals surface area contributed by atoms with Gasteiger partial charge in [0.25, 0.3) is 0 Å². The van der Waals surface area contributed by atoms with E-state index in [9.17, 15) is 0 Å². The van der Waals surface area contributed by atoms with Crippen LogP contribution in [0.5, 0.6) is 0 Å². The number of hydrogen-bond donors (Lipinski definition) is 1. The van der Waals surface area contributed by atoms with Gasteiger partial charge in [-0.25, -0.2) is 0 Å². The maximum absolute atomic E-state index is 4.63. The van der Waals surface area contributed by atoms with E-state index in [0.717, 1.165) is 26.3 Å². The summed E-state index contributed by atoms with van der Waals surface area (Å²) in [6, 6.07) is 7.98. The van der Waals surface area contributed by atoms with Gasteiger partial charge in [0, 0.05) is 16.4 Å². The molecule has 1 saturated carbocycles. The SMILES string of the molecule is Sc1ccccc1-c1nn2c(C3CC3)nnc2s1. The second-order valence-corrected chi connectivity index (χ2v) is 5.89. The molecule has 0 bridgehead atoms. The first kappa shape index (κ1) is 10.5. The number of benzene rings is 1. The summed E-state index contributed by atoms with van der Waals surface area (Å²) in [4.78, 5) is 1.80. The zero-order chi connectivity index (χ0) is 12.1. The molecule has 4 nitrogen and oxygen atoms in total. The highest BCUT2D eigenvalue weighted by Gasteiger charge is 2.30. The molecule has 0 radical (unpaired) electrons. The van der Waals surface area contributed by atoms with E-state index in [-0.39, 0.29) is 0 Å². The molecule has 1 aliphatic carbocycles. The van der Waals surface area contributed by atoms with E-state index >= 15 is 0 Å². The molecule has 0 saturated heterocycles. The van der Waals surface area contributed by atoms with Gasteiger partial charge >= 0.3 is 0 Å². The average Bonchev–Trinajstić information content (AvgIpc) is 3.00. The van der Waals surface area contributed by atoms with Crippen LogP contribution in [0.15, 0.2) is 29.2 Å². The van der Waals surface area contributed by atoms with Gasteiger partial charge in [-0.15, -0.1) is 22.8 Å². The minimum atomic E-state index is 0.557. The third-order valence-electron chi connectivity index (χ3n) is 3.09. The van der Waals surface area contributed by atoms with Crippen molar-refractivity contribution in [3.8, 4) is 10.6 Å². The predicted octanol–water partition coefficient (Wildman–Crippen LogP) is 3.02. The van der Waals surface area contributed by atoms with Gasteiger partial charge in [-0.1, -0.05) is 29.5 Å². The van der Waals surface area contributed by atoms with Crippen molar-refractivity contribution in [3.63, 3.8) is 0 Å². The van der Waals surface area contributed by atoms with E-state index in [1.165, 1.54) is 12.8 Å². The smallest absolute Gasteiger partial charge is 0.187 e. The van der Waals surface area contributed by atoms with Crippen LogP contribution in [-0.4, -0.2) is 19.8 Å². The van der Waals surface area contributed by atoms with Crippen LogP contribution in [0.25, 0.3) is 15.5 Å². The fourth-order valence-corrected chi connectivity index (χ4v) is 3.22. The molecule has 0 unspecified atom stereocenters. The van der Waals surface area contributed by atoms with Crippen molar-refractivity contribution in [2.24, 2.45) is 0 Å². The van der Waals surface area contributed by atoms with Gasteiger partial charge in [-0.2, -0.15) is 9.61 Å². The van der Waals surface area contributed by atoms with Gasteiger partial charge in [0.15, 0.2) is 5.82 Å². The van der Waals surface area contributed by atoms with Crippen LogP contribution >= 0.6 is 24.0 Å². The van der Waals surface area contributed by atoms with Crippen LogP contribution in [0.2, 0.25) is 0 Å². The average molecular weight is 274 g/mol. The van der Waals surface area contributed by atoms with E-state index in [1.54, 1.807) is 11.3 Å². The second kappa shape index (κ2) is 3.80. The third kappa shape index (κ3) is 1.56. The Labute approximate surface area is 113 Å². The highest BCUT2D eigenvalue weighted by atomic mass is 32.1. The van der Waals surface area contributed by atoms with Crippen molar-refractivity contribution in [3.05, 3.63) is 30.1 Å². The maximum Gasteiger partial charge on any atom is 0.234 e. The van der Waals surface area contributed by atoms with Crippen molar-refractivity contribution in [2.75, 3.05) is 0 Å². The lowest BCUT2D eigenvalue weighted by molar-refractivity contribution is 0.828. The Bertz CT molecular complexity index is 727. The zero-order valence-corrected chi connectivity index (χ0v) is 11.2. The quantitative estimate of drug-likeness (QED) is 0.730. The van der Waals surface area contributed by atoms with Gasteiger partial charge in [-0.3, -0.25) is 0 Å². The van der Waals surface area contributed by atoms with Gasteiger partial charge in [0.1, 0.15) is 5.01 Å². The van der Waals surface area contributed by atoms with Crippen molar-refractivity contribution in [1.82, 2.24) is 19.8 Å². The molecule has 3 aromatic rings. The lowest BCUT2D eigenvalue weighted by atomic mass is 10.2. The molecule has 1 aromatic carbocycles. The fourth-order valence-electron chi connectivity index (χ4n) is 1.99. The Morgan fingerprint density at radius 1 is 1.22 bits per heavy atom. The summed E-state index contributed by atoms with van der Waals surface area (Å²) in [5, 5.41) is 14.0. The molecule has 0 atom stereocenters. The molecule has 1 aliphatic rings. The monoisotopic (exact) mass is 274 g/mol. The Morgan fingerprint density at radius 2 is 2.06 bits per heavy atom. The molecular formula is C12H10N4S2. The number of nitrogens with zero attached hydrogens (tertiary/aromatic N) is 4. The minimum absolute atomic E-state index is 0.557.